The van der Waals surface area contributed by atoms with E-state index in [1.807, 2.05) is 0 Å². The third-order valence-electron chi connectivity index (χ3n) is 4.44. The third kappa shape index (κ3) is 4.94. The molecular weight excluding hydrogens is 480 g/mol. The molecule has 0 aliphatic rings. The number of carbonyl (C=O) groups excluding carboxylic acids is 3. The number of hydrogen-bond donors (Lipinski definition) is 2. The second kappa shape index (κ2) is 10.4. The van der Waals surface area contributed by atoms with E-state index in [4.69, 9.17) is 21.1 Å². The second-order valence-corrected chi connectivity index (χ2v) is 7.60. The van der Waals surface area contributed by atoms with Crippen LogP contribution in [0.2, 0.25) is 0 Å². The quantitative estimate of drug-likeness (QED) is 0.242. The van der Waals surface area contributed by atoms with E-state index < -0.39 is 34.6 Å². The van der Waals surface area contributed by atoms with Gasteiger partial charge in [-0.15, -0.1) is 11.6 Å². The molecule has 9 heteroatoms. The van der Waals surface area contributed by atoms with E-state index in [0.29, 0.717) is 29.6 Å². The van der Waals surface area contributed by atoms with E-state index in [1.165, 1.54) is 18.2 Å². The molecule has 0 heterocycles. The highest BCUT2D eigenvalue weighted by molar-refractivity contribution is 9.10. The number of esters is 2. The van der Waals surface area contributed by atoms with Crippen molar-refractivity contribution in [3.05, 3.63) is 56.6 Å². The molecule has 0 spiro atoms. The van der Waals surface area contributed by atoms with E-state index in [0.717, 1.165) is 14.2 Å². The zero-order valence-electron chi connectivity index (χ0n) is 16.3. The van der Waals surface area contributed by atoms with Crippen LogP contribution >= 0.6 is 27.5 Å². The van der Waals surface area contributed by atoms with Crippen LogP contribution in [0.3, 0.4) is 0 Å². The number of rotatable bonds is 8. The molecule has 0 saturated heterocycles. The highest BCUT2D eigenvalue weighted by Gasteiger charge is 2.32. The Balaban J connectivity index is 2.82. The number of methoxy groups -OCH3 is 2. The van der Waals surface area contributed by atoms with Gasteiger partial charge in [-0.1, -0.05) is 15.9 Å². The molecule has 2 rings (SSSR count). The number of ketones is 1. The summed E-state index contributed by atoms with van der Waals surface area (Å²) in [6.07, 6.45) is 1.52. The van der Waals surface area contributed by atoms with Crippen LogP contribution in [0.15, 0.2) is 28.7 Å². The number of alkyl halides is 1. The Labute approximate surface area is 186 Å². The van der Waals surface area contributed by atoms with Crippen LogP contribution in [0, 0.1) is 0 Å². The van der Waals surface area contributed by atoms with Crippen LogP contribution in [-0.2, 0) is 15.9 Å². The van der Waals surface area contributed by atoms with E-state index in [1.54, 1.807) is 6.07 Å². The lowest BCUT2D eigenvalue weighted by Gasteiger charge is -2.17. The maximum Gasteiger partial charge on any atom is 0.342 e. The lowest BCUT2D eigenvalue weighted by atomic mass is 9.89. The van der Waals surface area contributed by atoms with Crippen molar-refractivity contribution in [2.24, 2.45) is 0 Å². The maximum atomic E-state index is 13.3. The smallest absolute Gasteiger partial charge is 0.342 e. The van der Waals surface area contributed by atoms with Gasteiger partial charge in [-0.2, -0.15) is 0 Å². The summed E-state index contributed by atoms with van der Waals surface area (Å²) in [6, 6.07) is 5.57. The Morgan fingerprint density at radius 1 is 0.967 bits per heavy atom. The molecule has 2 aromatic carbocycles. The summed E-state index contributed by atoms with van der Waals surface area (Å²) in [4.78, 5) is 38.2. The number of halogens is 2. The second-order valence-electron chi connectivity index (χ2n) is 6.30. The molecule has 30 heavy (non-hydrogen) atoms. The van der Waals surface area contributed by atoms with Gasteiger partial charge in [-0.3, -0.25) is 4.79 Å². The van der Waals surface area contributed by atoms with Crippen molar-refractivity contribution in [1.29, 1.82) is 0 Å². The molecule has 0 saturated carbocycles. The van der Waals surface area contributed by atoms with Gasteiger partial charge >= 0.3 is 11.9 Å². The van der Waals surface area contributed by atoms with Crippen LogP contribution in [0.25, 0.3) is 0 Å². The molecule has 0 unspecified atom stereocenters. The lowest BCUT2D eigenvalue weighted by molar-refractivity contribution is 0.0550. The highest BCUT2D eigenvalue weighted by Crippen LogP contribution is 2.34. The minimum absolute atomic E-state index is 0.0947. The predicted molar refractivity (Wildman–Crippen MR) is 114 cm³/mol. The minimum atomic E-state index is -1.00. The van der Waals surface area contributed by atoms with Gasteiger partial charge in [0.2, 0.25) is 0 Å². The average Bonchev–Trinajstić information content (AvgIpc) is 2.74. The average molecular weight is 500 g/mol. The van der Waals surface area contributed by atoms with Crippen LogP contribution in [0.1, 0.15) is 55.0 Å². The van der Waals surface area contributed by atoms with Crippen molar-refractivity contribution in [3.63, 3.8) is 0 Å². The molecule has 0 radical (unpaired) electrons. The van der Waals surface area contributed by atoms with Gasteiger partial charge in [0.25, 0.3) is 0 Å². The number of phenols is 2. The van der Waals surface area contributed by atoms with Gasteiger partial charge in [0.1, 0.15) is 17.1 Å². The highest BCUT2D eigenvalue weighted by atomic mass is 79.9. The summed E-state index contributed by atoms with van der Waals surface area (Å²) >= 11 is 8.94. The Morgan fingerprint density at radius 2 is 1.60 bits per heavy atom. The first kappa shape index (κ1) is 23.7. The fraction of sp³-hybridized carbons (Fsp3) is 0.286. The molecule has 160 valence electrons. The van der Waals surface area contributed by atoms with Crippen molar-refractivity contribution in [2.45, 2.75) is 19.3 Å². The topological polar surface area (TPSA) is 110 Å². The van der Waals surface area contributed by atoms with E-state index in [2.05, 4.69) is 15.9 Å². The van der Waals surface area contributed by atoms with Gasteiger partial charge in [-0.25, -0.2) is 9.59 Å². The molecule has 0 atom stereocenters. The molecule has 0 aliphatic carbocycles. The SMILES string of the molecule is COC(=O)c1c(C(=O)c2cc(Br)ccc2O)cc(CCCCCl)c(O)c1C(=O)OC. The third-order valence-corrected chi connectivity index (χ3v) is 5.20. The summed E-state index contributed by atoms with van der Waals surface area (Å²) in [7, 11) is 2.17. The van der Waals surface area contributed by atoms with Crippen molar-refractivity contribution < 1.29 is 34.1 Å². The van der Waals surface area contributed by atoms with E-state index >= 15 is 0 Å². The normalized spacial score (nSPS) is 10.5. The standard InChI is InChI=1S/C21H20BrClO7/c1-29-20(27)16-14(19(26)13-10-12(22)6-7-15(13)24)9-11(5-3-4-8-23)18(25)17(16)21(28)30-2/h6-7,9-10,24-25H,3-5,8H2,1-2H3. The minimum Gasteiger partial charge on any atom is -0.507 e. The van der Waals surface area contributed by atoms with Crippen molar-refractivity contribution in [2.75, 3.05) is 20.1 Å². The van der Waals surface area contributed by atoms with Gasteiger partial charge in [-0.05, 0) is 49.1 Å². The predicted octanol–water partition coefficient (Wildman–Crippen LogP) is 4.23. The Morgan fingerprint density at radius 3 is 2.20 bits per heavy atom. The Kier molecular flexibility index (Phi) is 8.25. The number of aryl methyl sites for hydroxylation is 1. The van der Waals surface area contributed by atoms with Gasteiger partial charge in [0.05, 0.1) is 25.3 Å². The first-order chi connectivity index (χ1) is 14.3. The van der Waals surface area contributed by atoms with Crippen LogP contribution in [-0.4, -0.2) is 48.0 Å². The van der Waals surface area contributed by atoms with Crippen molar-refractivity contribution >= 4 is 45.3 Å². The van der Waals surface area contributed by atoms with Crippen LogP contribution in [0.4, 0.5) is 0 Å². The van der Waals surface area contributed by atoms with Crippen LogP contribution in [0.5, 0.6) is 11.5 Å². The van der Waals surface area contributed by atoms with Gasteiger partial charge in [0.15, 0.2) is 5.78 Å². The first-order valence-electron chi connectivity index (χ1n) is 8.91. The summed E-state index contributed by atoms with van der Waals surface area (Å²) in [5.41, 5.74) is -0.930. The zero-order valence-corrected chi connectivity index (χ0v) is 18.7. The van der Waals surface area contributed by atoms with Gasteiger partial charge in [0, 0.05) is 15.9 Å². The molecule has 2 N–H and O–H groups in total. The zero-order chi connectivity index (χ0) is 22.4. The van der Waals surface area contributed by atoms with Crippen LogP contribution < -0.4 is 0 Å². The molecule has 0 aliphatic heterocycles. The number of benzene rings is 2. The Hall–Kier alpha value is -2.58. The summed E-state index contributed by atoms with van der Waals surface area (Å²) < 4.78 is 9.99. The number of aromatic hydroxyl groups is 2. The van der Waals surface area contributed by atoms with Crippen molar-refractivity contribution in [3.8, 4) is 11.5 Å². The van der Waals surface area contributed by atoms with E-state index in [9.17, 15) is 24.6 Å². The van der Waals surface area contributed by atoms with Gasteiger partial charge < -0.3 is 19.7 Å². The summed E-state index contributed by atoms with van der Waals surface area (Å²) in [5.74, 6) is -3.10. The number of phenolic OH excluding ortho intramolecular Hbond substituents is 2. The monoisotopic (exact) mass is 498 g/mol. The van der Waals surface area contributed by atoms with Crippen molar-refractivity contribution in [1.82, 2.24) is 0 Å². The largest absolute Gasteiger partial charge is 0.507 e. The fourth-order valence-electron chi connectivity index (χ4n) is 2.96. The number of unbranched alkanes of at least 4 members (excludes halogenated alkanes) is 1. The molecule has 7 nitrogen and oxygen atoms in total. The fourth-order valence-corrected chi connectivity index (χ4v) is 3.51. The van der Waals surface area contributed by atoms with E-state index in [-0.39, 0.29) is 22.4 Å². The molecule has 2 aromatic rings. The number of carbonyl (C=O) groups is 3. The molecule has 0 aromatic heterocycles. The number of ether oxygens (including phenoxy) is 2. The molecule has 0 amide bonds. The first-order valence-corrected chi connectivity index (χ1v) is 10.2. The Bertz CT molecular complexity index is 988. The molecular formula is C21H20BrClO7. The number of hydrogen-bond acceptors (Lipinski definition) is 7. The summed E-state index contributed by atoms with van der Waals surface area (Å²) in [5, 5.41) is 20.8. The maximum absolute atomic E-state index is 13.3. The molecule has 0 fully saturated rings. The lowest BCUT2D eigenvalue weighted by Crippen LogP contribution is -2.19. The molecule has 0 bridgehead atoms. The summed E-state index contributed by atoms with van der Waals surface area (Å²) in [6.45, 7) is 0.